The average molecular weight is 399 g/mol. The van der Waals surface area contributed by atoms with E-state index in [-0.39, 0.29) is 25.2 Å². The molecule has 10 heteroatoms. The molecule has 0 fully saturated rings. The number of hydrogen-bond donors (Lipinski definition) is 4. The van der Waals surface area contributed by atoms with Crippen LogP contribution in [0, 0.1) is 10.1 Å². The zero-order valence-corrected chi connectivity index (χ0v) is 15.5. The van der Waals surface area contributed by atoms with Crippen molar-refractivity contribution in [2.75, 3.05) is 18.4 Å². The number of nitrogens with one attached hydrogen (secondary N) is 3. The molecule has 0 spiro atoms. The summed E-state index contributed by atoms with van der Waals surface area (Å²) >= 11 is 0. The van der Waals surface area contributed by atoms with Gasteiger partial charge in [0, 0.05) is 24.2 Å². The predicted molar refractivity (Wildman–Crippen MR) is 106 cm³/mol. The monoisotopic (exact) mass is 399 g/mol. The van der Waals surface area contributed by atoms with Gasteiger partial charge in [0.05, 0.1) is 18.0 Å². The zero-order chi connectivity index (χ0) is 21.2. The topological polar surface area (TPSA) is 156 Å². The van der Waals surface area contributed by atoms with Crippen molar-refractivity contribution in [3.63, 3.8) is 0 Å². The molecule has 0 saturated heterocycles. The van der Waals surface area contributed by atoms with Gasteiger partial charge in [-0.1, -0.05) is 30.3 Å². The molecule has 152 valence electrons. The molecule has 2 rings (SSSR count). The van der Waals surface area contributed by atoms with Crippen molar-refractivity contribution in [1.29, 1.82) is 0 Å². The molecule has 0 aliphatic carbocycles. The number of nitrogens with two attached hydrogens (primary N) is 1. The standard InChI is InChI=1S/C19H21N5O5/c20-11-17(25)21-12-18(26)23-16(10-13-4-2-1-3-5-13)19(27)22-14-6-8-15(9-7-14)24(28)29/h1-9,16H,10-12,20H2,(H,21,25)(H,22,27)(H,23,26)/t16-/m0/s1. The fourth-order valence-corrected chi connectivity index (χ4v) is 2.45. The van der Waals surface area contributed by atoms with E-state index >= 15 is 0 Å². The zero-order valence-electron chi connectivity index (χ0n) is 15.5. The van der Waals surface area contributed by atoms with Crippen LogP contribution in [-0.2, 0) is 20.8 Å². The number of nitro benzene ring substituents is 1. The van der Waals surface area contributed by atoms with Crippen LogP contribution in [0.15, 0.2) is 54.6 Å². The Kier molecular flexibility index (Phi) is 7.80. The lowest BCUT2D eigenvalue weighted by molar-refractivity contribution is -0.384. The van der Waals surface area contributed by atoms with Crippen LogP contribution in [0.2, 0.25) is 0 Å². The second-order valence-corrected chi connectivity index (χ2v) is 6.08. The Morgan fingerprint density at radius 2 is 1.66 bits per heavy atom. The van der Waals surface area contributed by atoms with Crippen molar-refractivity contribution < 1.29 is 19.3 Å². The maximum atomic E-state index is 12.7. The summed E-state index contributed by atoms with van der Waals surface area (Å²) in [6, 6.07) is 13.5. The largest absolute Gasteiger partial charge is 0.346 e. The molecule has 0 saturated carbocycles. The van der Waals surface area contributed by atoms with Crippen molar-refractivity contribution in [3.8, 4) is 0 Å². The summed E-state index contributed by atoms with van der Waals surface area (Å²) in [5.74, 6) is -1.54. The van der Waals surface area contributed by atoms with E-state index in [1.165, 1.54) is 24.3 Å². The smallest absolute Gasteiger partial charge is 0.269 e. The lowest BCUT2D eigenvalue weighted by Crippen LogP contribution is -2.49. The molecule has 0 bridgehead atoms. The molecule has 2 aromatic rings. The Balaban J connectivity index is 2.08. The minimum Gasteiger partial charge on any atom is -0.346 e. The Labute approximate surface area is 166 Å². The van der Waals surface area contributed by atoms with E-state index in [0.29, 0.717) is 5.69 Å². The molecule has 2 aromatic carbocycles. The summed E-state index contributed by atoms with van der Waals surface area (Å²) in [4.78, 5) is 46.2. The second kappa shape index (κ2) is 10.5. The molecular weight excluding hydrogens is 378 g/mol. The number of non-ortho nitro benzene ring substituents is 1. The highest BCUT2D eigenvalue weighted by molar-refractivity contribution is 5.98. The number of nitrogens with zero attached hydrogens (tertiary/aromatic N) is 1. The van der Waals surface area contributed by atoms with Crippen LogP contribution in [-0.4, -0.2) is 41.8 Å². The Morgan fingerprint density at radius 3 is 2.24 bits per heavy atom. The highest BCUT2D eigenvalue weighted by atomic mass is 16.6. The van der Waals surface area contributed by atoms with Crippen molar-refractivity contribution in [2.45, 2.75) is 12.5 Å². The Hall–Kier alpha value is -3.79. The lowest BCUT2D eigenvalue weighted by Gasteiger charge is -2.19. The minimum atomic E-state index is -0.921. The molecule has 5 N–H and O–H groups in total. The Bertz CT molecular complexity index is 870. The van der Waals surface area contributed by atoms with Gasteiger partial charge in [0.15, 0.2) is 0 Å². The van der Waals surface area contributed by atoms with Crippen LogP contribution >= 0.6 is 0 Å². The fraction of sp³-hybridized carbons (Fsp3) is 0.211. The molecule has 1 atom stereocenters. The molecule has 0 aromatic heterocycles. The van der Waals surface area contributed by atoms with Gasteiger partial charge < -0.3 is 21.7 Å². The van der Waals surface area contributed by atoms with Gasteiger partial charge in [0.25, 0.3) is 5.69 Å². The number of hydrogen-bond acceptors (Lipinski definition) is 6. The normalized spacial score (nSPS) is 11.2. The molecule has 0 aliphatic rings. The van der Waals surface area contributed by atoms with Crippen molar-refractivity contribution in [1.82, 2.24) is 10.6 Å². The number of anilines is 1. The van der Waals surface area contributed by atoms with E-state index < -0.39 is 28.7 Å². The van der Waals surface area contributed by atoms with Gasteiger partial charge in [-0.05, 0) is 17.7 Å². The van der Waals surface area contributed by atoms with Gasteiger partial charge in [0.1, 0.15) is 6.04 Å². The van der Waals surface area contributed by atoms with E-state index in [9.17, 15) is 24.5 Å². The first kappa shape index (κ1) is 21.5. The number of amides is 3. The second-order valence-electron chi connectivity index (χ2n) is 6.08. The molecule has 0 heterocycles. The van der Waals surface area contributed by atoms with E-state index in [1.54, 1.807) is 0 Å². The number of carbonyl (C=O) groups is 3. The van der Waals surface area contributed by atoms with Crippen LogP contribution < -0.4 is 21.7 Å². The van der Waals surface area contributed by atoms with Crippen molar-refractivity contribution in [3.05, 3.63) is 70.3 Å². The summed E-state index contributed by atoms with van der Waals surface area (Å²) in [6.07, 6.45) is 0.218. The summed E-state index contributed by atoms with van der Waals surface area (Å²) in [7, 11) is 0. The minimum absolute atomic E-state index is 0.104. The predicted octanol–water partition coefficient (Wildman–Crippen LogP) is 0.336. The van der Waals surface area contributed by atoms with E-state index in [1.807, 2.05) is 30.3 Å². The molecule has 0 aliphatic heterocycles. The molecule has 29 heavy (non-hydrogen) atoms. The van der Waals surface area contributed by atoms with Gasteiger partial charge in [0.2, 0.25) is 17.7 Å². The molecule has 0 radical (unpaired) electrons. The van der Waals surface area contributed by atoms with Crippen LogP contribution in [0.3, 0.4) is 0 Å². The third-order valence-corrected chi connectivity index (χ3v) is 3.91. The summed E-state index contributed by atoms with van der Waals surface area (Å²) in [6.45, 7) is -0.562. The molecule has 3 amide bonds. The number of benzene rings is 2. The Morgan fingerprint density at radius 1 is 1.00 bits per heavy atom. The molecule has 10 nitrogen and oxygen atoms in total. The number of nitro groups is 1. The average Bonchev–Trinajstić information content (AvgIpc) is 2.72. The highest BCUT2D eigenvalue weighted by Gasteiger charge is 2.22. The van der Waals surface area contributed by atoms with E-state index in [4.69, 9.17) is 5.73 Å². The third-order valence-electron chi connectivity index (χ3n) is 3.91. The quantitative estimate of drug-likeness (QED) is 0.352. The van der Waals surface area contributed by atoms with Gasteiger partial charge in [-0.25, -0.2) is 0 Å². The maximum absolute atomic E-state index is 12.7. The van der Waals surface area contributed by atoms with Crippen molar-refractivity contribution >= 4 is 29.1 Å². The van der Waals surface area contributed by atoms with Gasteiger partial charge in [-0.15, -0.1) is 0 Å². The van der Waals surface area contributed by atoms with E-state index in [0.717, 1.165) is 5.56 Å². The van der Waals surface area contributed by atoms with Crippen LogP contribution in [0.4, 0.5) is 11.4 Å². The summed E-state index contributed by atoms with van der Waals surface area (Å²) in [5.41, 5.74) is 6.24. The molecule has 0 unspecified atom stereocenters. The highest BCUT2D eigenvalue weighted by Crippen LogP contribution is 2.16. The van der Waals surface area contributed by atoms with Gasteiger partial charge in [-0.3, -0.25) is 24.5 Å². The SMILES string of the molecule is NCC(=O)NCC(=O)N[C@@H](Cc1ccccc1)C(=O)Nc1ccc([N+](=O)[O-])cc1. The maximum Gasteiger partial charge on any atom is 0.269 e. The number of carbonyl (C=O) groups excluding carboxylic acids is 3. The number of rotatable bonds is 9. The van der Waals surface area contributed by atoms with Crippen LogP contribution in [0.5, 0.6) is 0 Å². The molecular formula is C19H21N5O5. The first-order valence-electron chi connectivity index (χ1n) is 8.74. The first-order valence-corrected chi connectivity index (χ1v) is 8.74. The van der Waals surface area contributed by atoms with Crippen LogP contribution in [0.25, 0.3) is 0 Å². The fourth-order valence-electron chi connectivity index (χ4n) is 2.45. The van der Waals surface area contributed by atoms with Crippen LogP contribution in [0.1, 0.15) is 5.56 Å². The first-order chi connectivity index (χ1) is 13.9. The van der Waals surface area contributed by atoms with Gasteiger partial charge >= 0.3 is 0 Å². The summed E-state index contributed by atoms with van der Waals surface area (Å²) < 4.78 is 0. The summed E-state index contributed by atoms with van der Waals surface area (Å²) in [5, 5.41) is 18.3. The third kappa shape index (κ3) is 7.03. The lowest BCUT2D eigenvalue weighted by atomic mass is 10.0. The van der Waals surface area contributed by atoms with E-state index in [2.05, 4.69) is 16.0 Å². The van der Waals surface area contributed by atoms with Crippen molar-refractivity contribution in [2.24, 2.45) is 5.73 Å². The van der Waals surface area contributed by atoms with Gasteiger partial charge in [-0.2, -0.15) is 0 Å².